The van der Waals surface area contributed by atoms with E-state index in [0.29, 0.717) is 17.7 Å². The number of nitrogens with zero attached hydrogens (tertiary/aromatic N) is 2. The molecule has 3 fully saturated rings. The molecule has 46 heteroatoms. The standard InChI is InChI=1S/C81H127N8O37P/c1-17-18-26-116-127(89(48(2)3)49(4)5)126-62-21-19-61(20-22-62)42-63(78(104)84-25-29-107-32-35-110-38-41-113-81-71(87-52(8)93)77(122-60(16)101)74(119-57(13)98)66(125-81)47-115-54(10)95)88(43-67(102)82-23-27-105-30-33-108-36-39-111-79-69(85-50(6)91)75(120-58(14)99)72(117-55(11)96)64(45-90)123-79)44-68(103)83-24-28-106-31-34-109-37-40-112-80-70(86-51(7)92)76(121-59(15)100)73(118-56(12)97)65(124-80)46-114-53(9)94/h1,19-22,48-49,63-66,69-77,79-81,90H,18,23-47H2,2-16H3,(H,82,102)(H,83,103)(H,84,104)(H,85,91)(H,86,92)(H,87,93). The highest BCUT2D eigenvalue weighted by Gasteiger charge is 2.54. The summed E-state index contributed by atoms with van der Waals surface area (Å²) in [5.41, 5.74) is 0.581. The molecule has 0 bridgehead atoms. The molecule has 3 heterocycles. The van der Waals surface area contributed by atoms with Crippen molar-refractivity contribution in [2.45, 2.75) is 227 Å². The first kappa shape index (κ1) is 110. The van der Waals surface area contributed by atoms with E-state index >= 15 is 0 Å². The second kappa shape index (κ2) is 60.7. The quantitative estimate of drug-likeness (QED) is 0.0129. The van der Waals surface area contributed by atoms with Gasteiger partial charge in [0.25, 0.3) is 0 Å². The zero-order chi connectivity index (χ0) is 94.1. The Hall–Kier alpha value is -9.05. The van der Waals surface area contributed by atoms with E-state index in [-0.39, 0.29) is 144 Å². The summed E-state index contributed by atoms with van der Waals surface area (Å²) in [6.07, 6.45) is -9.69. The summed E-state index contributed by atoms with van der Waals surface area (Å²) < 4.78 is 128. The van der Waals surface area contributed by atoms with Gasteiger partial charge < -0.3 is 141 Å². The number of aliphatic hydroxyl groups excluding tert-OH is 1. The van der Waals surface area contributed by atoms with E-state index < -0.39 is 223 Å². The number of amides is 6. The Balaban J connectivity index is 1.51. The number of carbonyl (C=O) groups excluding carboxylic acids is 14. The monoisotopic (exact) mass is 1830 g/mol. The van der Waals surface area contributed by atoms with Crippen LogP contribution >= 0.6 is 8.53 Å². The van der Waals surface area contributed by atoms with E-state index in [9.17, 15) is 72.2 Å². The number of hydrogen-bond donors (Lipinski definition) is 7. The van der Waals surface area contributed by atoms with Crippen LogP contribution in [0.3, 0.4) is 0 Å². The summed E-state index contributed by atoms with van der Waals surface area (Å²) in [7, 11) is -1.67. The summed E-state index contributed by atoms with van der Waals surface area (Å²) in [4.78, 5) is 179. The van der Waals surface area contributed by atoms with Gasteiger partial charge in [0.2, 0.25) is 35.4 Å². The van der Waals surface area contributed by atoms with Crippen LogP contribution < -0.4 is 36.4 Å². The van der Waals surface area contributed by atoms with Crippen LogP contribution in [-0.4, -0.2) is 366 Å². The highest BCUT2D eigenvalue weighted by molar-refractivity contribution is 7.45. The SMILES string of the molecule is C#CCCOP(Oc1ccc(CC(C(=O)NCCOCCOCCOC2OC(COC(C)=O)C(OC(C)=O)C(OC(C)=O)C2NC(C)=O)N(CC(=O)NCCOCCOCCOC2OC(CO)C(OC(C)=O)C(OC(C)=O)C2NC(C)=O)CC(=O)NCCOCCOCCOC2OC(COC(C)=O)C(OC(C)=O)C(OC(C)=O)C2NC(C)=O)cc1)N(C(C)C)C(C)C. The van der Waals surface area contributed by atoms with Crippen molar-refractivity contribution in [1.82, 2.24) is 41.5 Å². The third-order valence-electron chi connectivity index (χ3n) is 17.9. The van der Waals surface area contributed by atoms with E-state index in [1.165, 1.54) is 25.7 Å². The number of terminal acetylenes is 1. The van der Waals surface area contributed by atoms with Crippen LogP contribution in [0.1, 0.15) is 116 Å². The average molecular weight is 1840 g/mol. The average Bonchev–Trinajstić information content (AvgIpc) is 0.794. The number of aliphatic hydroxyl groups is 1. The highest BCUT2D eigenvalue weighted by Crippen LogP contribution is 2.46. The number of rotatable bonds is 60. The van der Waals surface area contributed by atoms with Crippen molar-refractivity contribution in [3.63, 3.8) is 0 Å². The Labute approximate surface area is 739 Å². The zero-order valence-corrected chi connectivity index (χ0v) is 75.5. The number of carbonyl (C=O) groups is 14. The Bertz CT molecular complexity index is 3630. The lowest BCUT2D eigenvalue weighted by molar-refractivity contribution is -0.279. The molecule has 4 rings (SSSR count). The van der Waals surface area contributed by atoms with Crippen LogP contribution in [0.15, 0.2) is 24.3 Å². The van der Waals surface area contributed by atoms with Crippen molar-refractivity contribution in [1.29, 1.82) is 0 Å². The van der Waals surface area contributed by atoms with Crippen molar-refractivity contribution < 1.29 is 176 Å². The molecule has 0 spiro atoms. The molecule has 17 unspecified atom stereocenters. The molecular formula is C81H127N8O37P. The molecule has 0 aliphatic carbocycles. The predicted molar refractivity (Wildman–Crippen MR) is 439 cm³/mol. The van der Waals surface area contributed by atoms with Gasteiger partial charge >= 0.3 is 56.3 Å². The van der Waals surface area contributed by atoms with Gasteiger partial charge in [-0.15, -0.1) is 12.3 Å². The molecule has 0 aromatic heterocycles. The van der Waals surface area contributed by atoms with E-state index in [4.69, 9.17) is 110 Å². The minimum Gasteiger partial charge on any atom is -0.463 e. The molecule has 3 aliphatic heterocycles. The van der Waals surface area contributed by atoms with Gasteiger partial charge in [-0.3, -0.25) is 72.0 Å². The summed E-state index contributed by atoms with van der Waals surface area (Å²) in [5, 5.41) is 26.4. The van der Waals surface area contributed by atoms with E-state index in [1.807, 2.05) is 27.7 Å². The van der Waals surface area contributed by atoms with Crippen LogP contribution in [-0.2, 0) is 173 Å². The van der Waals surface area contributed by atoms with Gasteiger partial charge in [0.1, 0.15) is 55.4 Å². The fourth-order valence-electron chi connectivity index (χ4n) is 13.1. The number of esters is 8. The van der Waals surface area contributed by atoms with Crippen molar-refractivity contribution in [3.8, 4) is 18.1 Å². The van der Waals surface area contributed by atoms with Gasteiger partial charge in [0.15, 0.2) is 55.5 Å². The molecule has 17 atom stereocenters. The molecule has 6 amide bonds. The van der Waals surface area contributed by atoms with E-state index in [2.05, 4.69) is 42.5 Å². The molecular weight excluding hydrogens is 1710 g/mol. The number of ether oxygens (including phenoxy) is 20. The third-order valence-corrected chi connectivity index (χ3v) is 20.0. The molecule has 1 aromatic rings. The van der Waals surface area contributed by atoms with Gasteiger partial charge in [-0.25, -0.2) is 4.67 Å². The third kappa shape index (κ3) is 43.3. The highest BCUT2D eigenvalue weighted by atomic mass is 31.2. The molecule has 127 heavy (non-hydrogen) atoms. The molecule has 0 radical (unpaired) electrons. The van der Waals surface area contributed by atoms with Gasteiger partial charge in [-0.05, 0) is 51.8 Å². The molecule has 3 saturated heterocycles. The van der Waals surface area contributed by atoms with Crippen LogP contribution in [0.4, 0.5) is 0 Å². The molecule has 718 valence electrons. The van der Waals surface area contributed by atoms with Gasteiger partial charge in [0.05, 0.1) is 131 Å². The Morgan fingerprint density at radius 3 is 1.07 bits per heavy atom. The Morgan fingerprint density at radius 1 is 0.425 bits per heavy atom. The van der Waals surface area contributed by atoms with E-state index in [1.54, 1.807) is 24.3 Å². The minimum atomic E-state index is -1.67. The van der Waals surface area contributed by atoms with Gasteiger partial charge in [-0.2, -0.15) is 0 Å². The van der Waals surface area contributed by atoms with Gasteiger partial charge in [-0.1, -0.05) is 12.1 Å². The van der Waals surface area contributed by atoms with Crippen LogP contribution in [0.2, 0.25) is 0 Å². The minimum absolute atomic E-state index is 0.000451. The number of nitrogens with one attached hydrogen (secondary N) is 6. The van der Waals surface area contributed by atoms with Crippen LogP contribution in [0.25, 0.3) is 0 Å². The first-order valence-corrected chi connectivity index (χ1v) is 42.5. The van der Waals surface area contributed by atoms with Gasteiger partial charge in [0, 0.05) is 114 Å². The Kier molecular flexibility index (Phi) is 52.7. The number of hydrogen-bond acceptors (Lipinski definition) is 39. The maximum Gasteiger partial charge on any atom is 0.321 e. The first-order chi connectivity index (χ1) is 60.4. The lowest BCUT2D eigenvalue weighted by atomic mass is 9.96. The van der Waals surface area contributed by atoms with Crippen molar-refractivity contribution >= 4 is 91.7 Å². The van der Waals surface area contributed by atoms with Crippen LogP contribution in [0.5, 0.6) is 5.75 Å². The van der Waals surface area contributed by atoms with Crippen LogP contribution in [0, 0.1) is 12.3 Å². The molecule has 1 aromatic carbocycles. The smallest absolute Gasteiger partial charge is 0.321 e. The summed E-state index contributed by atoms with van der Waals surface area (Å²) in [6, 6.07) is 2.07. The fraction of sp³-hybridized carbons (Fsp3) is 0.728. The molecule has 7 N–H and O–H groups in total. The normalized spacial score (nSPS) is 22.5. The summed E-state index contributed by atoms with van der Waals surface area (Å²) in [6.45, 7) is 17.4. The lowest BCUT2D eigenvalue weighted by Gasteiger charge is -2.44. The zero-order valence-electron chi connectivity index (χ0n) is 74.6. The Morgan fingerprint density at radius 2 is 0.748 bits per heavy atom. The second-order valence-electron chi connectivity index (χ2n) is 29.3. The van der Waals surface area contributed by atoms with Crippen molar-refractivity contribution in [3.05, 3.63) is 29.8 Å². The largest absolute Gasteiger partial charge is 0.463 e. The predicted octanol–water partition coefficient (Wildman–Crippen LogP) is -1.44. The number of benzene rings is 1. The maximum absolute atomic E-state index is 14.8. The van der Waals surface area contributed by atoms with Crippen molar-refractivity contribution in [2.75, 3.05) is 158 Å². The summed E-state index contributed by atoms with van der Waals surface area (Å²) in [5.74, 6) is -6.56. The fourth-order valence-corrected chi connectivity index (χ4v) is 14.7. The first-order valence-electron chi connectivity index (χ1n) is 41.4. The lowest BCUT2D eigenvalue weighted by Crippen LogP contribution is -2.66. The van der Waals surface area contributed by atoms with Crippen molar-refractivity contribution in [2.24, 2.45) is 0 Å². The maximum atomic E-state index is 14.8. The molecule has 0 saturated carbocycles. The second-order valence-corrected chi connectivity index (χ2v) is 30.6. The topological polar surface area (TPSA) is 541 Å². The molecule has 45 nitrogen and oxygen atoms in total. The van der Waals surface area contributed by atoms with E-state index in [0.717, 1.165) is 55.4 Å². The molecule has 3 aliphatic rings. The summed E-state index contributed by atoms with van der Waals surface area (Å²) >= 11 is 0.